The van der Waals surface area contributed by atoms with Gasteiger partial charge in [-0.25, -0.2) is 13.2 Å². The Kier molecular flexibility index (Phi) is 4.79. The summed E-state index contributed by atoms with van der Waals surface area (Å²) in [6, 6.07) is 11.6. The van der Waals surface area contributed by atoms with Crippen LogP contribution in [-0.2, 0) is 6.42 Å². The number of allylic oxidation sites excluding steroid dienone is 1. The molecule has 0 bridgehead atoms. The van der Waals surface area contributed by atoms with Gasteiger partial charge in [-0.15, -0.1) is 6.58 Å². The van der Waals surface area contributed by atoms with Gasteiger partial charge in [-0.3, -0.25) is 0 Å². The van der Waals surface area contributed by atoms with Gasteiger partial charge < -0.3 is 4.74 Å². The standard InChI is InChI=1S/C21H17F3O/c1-3-4-5-13-6-8-14(9-7-13)16-12-15-10-11-17(25-2)20(23)18(15)21(24)19(16)22/h3,6-12H,1,4-5H2,2H3. The SMILES string of the molecule is C=CCCc1ccc(-c2cc3ccc(OC)c(F)c3c(F)c2F)cc1. The van der Waals surface area contributed by atoms with Gasteiger partial charge in [0.05, 0.1) is 12.5 Å². The van der Waals surface area contributed by atoms with Crippen LogP contribution in [0, 0.1) is 17.5 Å². The molecule has 0 unspecified atom stereocenters. The zero-order valence-corrected chi connectivity index (χ0v) is 13.8. The van der Waals surface area contributed by atoms with E-state index in [-0.39, 0.29) is 16.7 Å². The lowest BCUT2D eigenvalue weighted by molar-refractivity contribution is 0.388. The van der Waals surface area contributed by atoms with E-state index in [0.717, 1.165) is 18.4 Å². The zero-order chi connectivity index (χ0) is 18.0. The van der Waals surface area contributed by atoms with Crippen LogP contribution in [-0.4, -0.2) is 7.11 Å². The summed E-state index contributed by atoms with van der Waals surface area (Å²) >= 11 is 0. The van der Waals surface area contributed by atoms with E-state index in [1.165, 1.54) is 25.3 Å². The van der Waals surface area contributed by atoms with Crippen LogP contribution in [0.1, 0.15) is 12.0 Å². The van der Waals surface area contributed by atoms with Crippen molar-refractivity contribution in [2.75, 3.05) is 7.11 Å². The van der Waals surface area contributed by atoms with E-state index in [2.05, 4.69) is 6.58 Å². The van der Waals surface area contributed by atoms with Crippen molar-refractivity contribution in [1.82, 2.24) is 0 Å². The minimum absolute atomic E-state index is 0.102. The molecule has 4 heteroatoms. The van der Waals surface area contributed by atoms with Gasteiger partial charge in [-0.1, -0.05) is 36.4 Å². The second-order valence-corrected chi connectivity index (χ2v) is 5.76. The molecule has 0 saturated heterocycles. The van der Waals surface area contributed by atoms with Crippen LogP contribution in [0.25, 0.3) is 21.9 Å². The summed E-state index contributed by atoms with van der Waals surface area (Å²) in [5.41, 5.74) is 1.72. The molecule has 128 valence electrons. The Morgan fingerprint density at radius 3 is 2.32 bits per heavy atom. The molecule has 0 spiro atoms. The smallest absolute Gasteiger partial charge is 0.175 e. The highest BCUT2D eigenvalue weighted by atomic mass is 19.2. The summed E-state index contributed by atoms with van der Waals surface area (Å²) in [6.07, 6.45) is 3.51. The molecule has 0 aliphatic rings. The van der Waals surface area contributed by atoms with Gasteiger partial charge in [-0.2, -0.15) is 0 Å². The molecular formula is C21H17F3O. The summed E-state index contributed by atoms with van der Waals surface area (Å²) in [4.78, 5) is 0. The number of halogens is 3. The van der Waals surface area contributed by atoms with Crippen LogP contribution in [0.5, 0.6) is 5.75 Å². The summed E-state index contributed by atoms with van der Waals surface area (Å²) in [6.45, 7) is 3.68. The highest BCUT2D eigenvalue weighted by Gasteiger charge is 2.19. The molecule has 1 nitrogen and oxygen atoms in total. The molecule has 0 heterocycles. The van der Waals surface area contributed by atoms with Crippen LogP contribution < -0.4 is 4.74 Å². The van der Waals surface area contributed by atoms with Crippen LogP contribution >= 0.6 is 0 Å². The lowest BCUT2D eigenvalue weighted by Gasteiger charge is -2.11. The molecule has 25 heavy (non-hydrogen) atoms. The summed E-state index contributed by atoms with van der Waals surface area (Å²) in [5, 5.41) is -0.119. The minimum atomic E-state index is -1.21. The van der Waals surface area contributed by atoms with Gasteiger partial charge in [0.2, 0.25) is 0 Å². The number of hydrogen-bond donors (Lipinski definition) is 0. The number of methoxy groups -OCH3 is 1. The summed E-state index contributed by atoms with van der Waals surface area (Å²) < 4.78 is 48.1. The molecule has 0 aliphatic heterocycles. The molecule has 3 rings (SSSR count). The number of fused-ring (bicyclic) bond motifs is 1. The van der Waals surface area contributed by atoms with E-state index in [9.17, 15) is 13.2 Å². The van der Waals surface area contributed by atoms with Gasteiger partial charge in [-0.05, 0) is 41.5 Å². The largest absolute Gasteiger partial charge is 0.494 e. The first-order valence-corrected chi connectivity index (χ1v) is 7.91. The average Bonchev–Trinajstić information content (AvgIpc) is 2.63. The number of benzene rings is 3. The fourth-order valence-corrected chi connectivity index (χ4v) is 2.85. The Morgan fingerprint density at radius 2 is 1.68 bits per heavy atom. The van der Waals surface area contributed by atoms with E-state index in [1.54, 1.807) is 12.1 Å². The average molecular weight is 342 g/mol. The Bertz CT molecular complexity index is 930. The van der Waals surface area contributed by atoms with Gasteiger partial charge in [0.25, 0.3) is 0 Å². The van der Waals surface area contributed by atoms with Crippen molar-refractivity contribution < 1.29 is 17.9 Å². The molecular weight excluding hydrogens is 325 g/mol. The first kappa shape index (κ1) is 17.1. The van der Waals surface area contributed by atoms with Crippen molar-refractivity contribution in [3.8, 4) is 16.9 Å². The molecule has 0 N–H and O–H groups in total. The van der Waals surface area contributed by atoms with Crippen molar-refractivity contribution in [1.29, 1.82) is 0 Å². The second kappa shape index (κ2) is 7.01. The normalized spacial score (nSPS) is 10.9. The maximum atomic E-state index is 14.5. The lowest BCUT2D eigenvalue weighted by atomic mass is 9.98. The summed E-state index contributed by atoms with van der Waals surface area (Å²) in [7, 11) is 1.28. The molecule has 0 saturated carbocycles. The van der Waals surface area contributed by atoms with Gasteiger partial charge >= 0.3 is 0 Å². The van der Waals surface area contributed by atoms with E-state index in [1.807, 2.05) is 18.2 Å². The molecule has 0 amide bonds. The first-order valence-electron chi connectivity index (χ1n) is 7.91. The first-order chi connectivity index (χ1) is 12.1. The number of hydrogen-bond acceptors (Lipinski definition) is 1. The van der Waals surface area contributed by atoms with E-state index in [0.29, 0.717) is 5.56 Å². The maximum absolute atomic E-state index is 14.5. The molecule has 3 aromatic carbocycles. The third-order valence-corrected chi connectivity index (χ3v) is 4.21. The fourth-order valence-electron chi connectivity index (χ4n) is 2.85. The minimum Gasteiger partial charge on any atom is -0.494 e. The maximum Gasteiger partial charge on any atom is 0.175 e. The Hall–Kier alpha value is -2.75. The molecule has 0 fully saturated rings. The van der Waals surface area contributed by atoms with Gasteiger partial charge in [0.15, 0.2) is 23.2 Å². The van der Waals surface area contributed by atoms with Crippen molar-refractivity contribution in [3.05, 3.63) is 78.1 Å². The predicted octanol–water partition coefficient (Wildman–Crippen LogP) is 6.05. The Labute approximate surface area is 144 Å². The molecule has 0 aromatic heterocycles. The third-order valence-electron chi connectivity index (χ3n) is 4.21. The predicted molar refractivity (Wildman–Crippen MR) is 94.3 cm³/mol. The van der Waals surface area contributed by atoms with Crippen LogP contribution in [0.4, 0.5) is 13.2 Å². The van der Waals surface area contributed by atoms with Crippen molar-refractivity contribution in [2.45, 2.75) is 12.8 Å². The van der Waals surface area contributed by atoms with Gasteiger partial charge in [0.1, 0.15) is 0 Å². The van der Waals surface area contributed by atoms with Gasteiger partial charge in [0, 0.05) is 5.56 Å². The van der Waals surface area contributed by atoms with E-state index < -0.39 is 22.8 Å². The topological polar surface area (TPSA) is 9.23 Å². The molecule has 3 aromatic rings. The van der Waals surface area contributed by atoms with E-state index >= 15 is 0 Å². The number of aryl methyl sites for hydroxylation is 1. The monoisotopic (exact) mass is 342 g/mol. The third kappa shape index (κ3) is 3.12. The number of rotatable bonds is 5. The quantitative estimate of drug-likeness (QED) is 0.513. The summed E-state index contributed by atoms with van der Waals surface area (Å²) in [5.74, 6) is -3.30. The molecule has 0 radical (unpaired) electrons. The molecule has 0 aliphatic carbocycles. The van der Waals surface area contributed by atoms with E-state index in [4.69, 9.17) is 4.74 Å². The highest BCUT2D eigenvalue weighted by molar-refractivity contribution is 5.90. The molecule has 0 atom stereocenters. The van der Waals surface area contributed by atoms with Crippen molar-refractivity contribution >= 4 is 10.8 Å². The zero-order valence-electron chi connectivity index (χ0n) is 13.8. The van der Waals surface area contributed by atoms with Crippen LogP contribution in [0.3, 0.4) is 0 Å². The lowest BCUT2D eigenvalue weighted by Crippen LogP contribution is -1.97. The highest BCUT2D eigenvalue weighted by Crippen LogP contribution is 2.35. The Balaban J connectivity index is 2.11. The van der Waals surface area contributed by atoms with Crippen LogP contribution in [0.2, 0.25) is 0 Å². The number of ether oxygens (including phenoxy) is 1. The van der Waals surface area contributed by atoms with Crippen molar-refractivity contribution in [3.63, 3.8) is 0 Å². The van der Waals surface area contributed by atoms with Crippen molar-refractivity contribution in [2.24, 2.45) is 0 Å². The van der Waals surface area contributed by atoms with Crippen LogP contribution in [0.15, 0.2) is 55.1 Å². The second-order valence-electron chi connectivity index (χ2n) is 5.76. The Morgan fingerprint density at radius 1 is 0.960 bits per heavy atom. The fraction of sp³-hybridized carbons (Fsp3) is 0.143.